The van der Waals surface area contributed by atoms with Crippen LogP contribution in [0.3, 0.4) is 0 Å². The first-order valence-electron chi connectivity index (χ1n) is 5.89. The first-order chi connectivity index (χ1) is 8.61. The fraction of sp³-hybridized carbons (Fsp3) is 0.462. The standard InChI is InChI=1S/C13H15Cl2NO2/c1-18-13(17)9-4-6-16(7-5-9)12-3-2-10(14)8-11(12)15/h2-3,8-9H,4-7H2,1H3. The normalized spacial score (nSPS) is 16.7. The summed E-state index contributed by atoms with van der Waals surface area (Å²) >= 11 is 12.0. The Bertz CT molecular complexity index is 443. The van der Waals surface area contributed by atoms with Crippen LogP contribution >= 0.6 is 23.2 Å². The van der Waals surface area contributed by atoms with Gasteiger partial charge in [0.25, 0.3) is 0 Å². The number of esters is 1. The van der Waals surface area contributed by atoms with Crippen LogP contribution in [0.15, 0.2) is 18.2 Å². The number of halogens is 2. The van der Waals surface area contributed by atoms with Crippen LogP contribution in [-0.4, -0.2) is 26.2 Å². The summed E-state index contributed by atoms with van der Waals surface area (Å²) in [7, 11) is 1.44. The maximum Gasteiger partial charge on any atom is 0.308 e. The molecule has 5 heteroatoms. The second-order valence-electron chi connectivity index (χ2n) is 4.38. The molecule has 1 saturated heterocycles. The Hall–Kier alpha value is -0.930. The van der Waals surface area contributed by atoms with Gasteiger partial charge in [0.1, 0.15) is 0 Å². The average Bonchev–Trinajstić information content (AvgIpc) is 2.38. The first kappa shape index (κ1) is 13.5. The van der Waals surface area contributed by atoms with Crippen LogP contribution in [-0.2, 0) is 9.53 Å². The van der Waals surface area contributed by atoms with E-state index in [1.807, 2.05) is 12.1 Å². The van der Waals surface area contributed by atoms with Crippen molar-refractivity contribution in [1.82, 2.24) is 0 Å². The molecule has 1 aliphatic heterocycles. The lowest BCUT2D eigenvalue weighted by Gasteiger charge is -2.33. The molecule has 98 valence electrons. The Morgan fingerprint density at radius 1 is 1.33 bits per heavy atom. The third kappa shape index (κ3) is 2.90. The monoisotopic (exact) mass is 287 g/mol. The van der Waals surface area contributed by atoms with E-state index in [0.29, 0.717) is 10.0 Å². The number of benzene rings is 1. The van der Waals surface area contributed by atoms with Gasteiger partial charge in [-0.15, -0.1) is 0 Å². The third-order valence-corrected chi connectivity index (χ3v) is 3.82. The predicted octanol–water partition coefficient (Wildman–Crippen LogP) is 3.38. The van der Waals surface area contributed by atoms with Gasteiger partial charge in [-0.05, 0) is 31.0 Å². The van der Waals surface area contributed by atoms with Crippen LogP contribution in [0.4, 0.5) is 5.69 Å². The van der Waals surface area contributed by atoms with Gasteiger partial charge in [0.2, 0.25) is 0 Å². The van der Waals surface area contributed by atoms with Gasteiger partial charge in [-0.1, -0.05) is 23.2 Å². The minimum Gasteiger partial charge on any atom is -0.469 e. The predicted molar refractivity (Wildman–Crippen MR) is 73.4 cm³/mol. The molecule has 0 radical (unpaired) electrons. The van der Waals surface area contributed by atoms with E-state index in [-0.39, 0.29) is 11.9 Å². The molecule has 1 aliphatic rings. The highest BCUT2D eigenvalue weighted by atomic mass is 35.5. The molecule has 3 nitrogen and oxygen atoms in total. The van der Waals surface area contributed by atoms with E-state index in [1.54, 1.807) is 6.07 Å². The molecule has 0 amide bonds. The SMILES string of the molecule is COC(=O)C1CCN(c2ccc(Cl)cc2Cl)CC1. The van der Waals surface area contributed by atoms with Crippen LogP contribution in [0.25, 0.3) is 0 Å². The molecule has 0 atom stereocenters. The molecule has 0 spiro atoms. The van der Waals surface area contributed by atoms with Gasteiger partial charge < -0.3 is 9.64 Å². The van der Waals surface area contributed by atoms with Crippen molar-refractivity contribution in [1.29, 1.82) is 0 Å². The summed E-state index contributed by atoms with van der Waals surface area (Å²) in [5, 5.41) is 1.28. The lowest BCUT2D eigenvalue weighted by Crippen LogP contribution is -2.36. The van der Waals surface area contributed by atoms with Crippen LogP contribution in [0.2, 0.25) is 10.0 Å². The molecule has 0 N–H and O–H groups in total. The van der Waals surface area contributed by atoms with Crippen molar-refractivity contribution in [2.75, 3.05) is 25.1 Å². The summed E-state index contributed by atoms with van der Waals surface area (Å²) in [4.78, 5) is 13.6. The number of carbonyl (C=O) groups excluding carboxylic acids is 1. The maximum absolute atomic E-state index is 11.4. The van der Waals surface area contributed by atoms with Crippen LogP contribution < -0.4 is 4.90 Å². The highest BCUT2D eigenvalue weighted by Gasteiger charge is 2.26. The minimum atomic E-state index is -0.114. The molecule has 0 saturated carbocycles. The van der Waals surface area contributed by atoms with Crippen molar-refractivity contribution in [3.8, 4) is 0 Å². The molecule has 0 unspecified atom stereocenters. The Kier molecular flexibility index (Phi) is 4.36. The van der Waals surface area contributed by atoms with Gasteiger partial charge in [-0.25, -0.2) is 0 Å². The number of carbonyl (C=O) groups is 1. The molecule has 0 bridgehead atoms. The number of nitrogens with zero attached hydrogens (tertiary/aromatic N) is 1. The second-order valence-corrected chi connectivity index (χ2v) is 5.22. The summed E-state index contributed by atoms with van der Waals surface area (Å²) in [5.41, 5.74) is 0.976. The fourth-order valence-electron chi connectivity index (χ4n) is 2.26. The zero-order valence-electron chi connectivity index (χ0n) is 10.2. The quantitative estimate of drug-likeness (QED) is 0.781. The number of piperidine rings is 1. The van der Waals surface area contributed by atoms with Crippen LogP contribution in [0.1, 0.15) is 12.8 Å². The molecule has 0 aromatic heterocycles. The van der Waals surface area contributed by atoms with E-state index < -0.39 is 0 Å². The Balaban J connectivity index is 2.03. The molecule has 1 heterocycles. The highest BCUT2D eigenvalue weighted by molar-refractivity contribution is 6.36. The molecule has 1 aromatic carbocycles. The van der Waals surface area contributed by atoms with Gasteiger partial charge in [-0.3, -0.25) is 4.79 Å². The van der Waals surface area contributed by atoms with Crippen molar-refractivity contribution in [2.24, 2.45) is 5.92 Å². The molecule has 1 fully saturated rings. The average molecular weight is 288 g/mol. The maximum atomic E-state index is 11.4. The summed E-state index contributed by atoms with van der Waals surface area (Å²) in [6.45, 7) is 1.61. The van der Waals surface area contributed by atoms with Crippen LogP contribution in [0.5, 0.6) is 0 Å². The number of rotatable bonds is 2. The number of anilines is 1. The van der Waals surface area contributed by atoms with Crippen molar-refractivity contribution in [3.05, 3.63) is 28.2 Å². The van der Waals surface area contributed by atoms with Crippen molar-refractivity contribution in [3.63, 3.8) is 0 Å². The van der Waals surface area contributed by atoms with Gasteiger partial charge in [0, 0.05) is 18.1 Å². The zero-order chi connectivity index (χ0) is 13.1. The molecular weight excluding hydrogens is 273 g/mol. The smallest absolute Gasteiger partial charge is 0.308 e. The summed E-state index contributed by atoms with van der Waals surface area (Å²) < 4.78 is 4.77. The third-order valence-electron chi connectivity index (χ3n) is 3.28. The van der Waals surface area contributed by atoms with E-state index in [0.717, 1.165) is 31.6 Å². The lowest BCUT2D eigenvalue weighted by molar-refractivity contribution is -0.146. The van der Waals surface area contributed by atoms with E-state index in [9.17, 15) is 4.79 Å². The molecular formula is C13H15Cl2NO2. The van der Waals surface area contributed by atoms with E-state index in [2.05, 4.69) is 4.90 Å². The second kappa shape index (κ2) is 5.81. The molecule has 1 aromatic rings. The van der Waals surface area contributed by atoms with Crippen LogP contribution in [0, 0.1) is 5.92 Å². The largest absolute Gasteiger partial charge is 0.469 e. The fourth-order valence-corrected chi connectivity index (χ4v) is 2.79. The van der Waals surface area contributed by atoms with Gasteiger partial charge in [-0.2, -0.15) is 0 Å². The first-order valence-corrected chi connectivity index (χ1v) is 6.65. The molecule has 18 heavy (non-hydrogen) atoms. The topological polar surface area (TPSA) is 29.5 Å². The zero-order valence-corrected chi connectivity index (χ0v) is 11.7. The number of methoxy groups -OCH3 is 1. The minimum absolute atomic E-state index is 0.0114. The van der Waals surface area contributed by atoms with Crippen molar-refractivity contribution in [2.45, 2.75) is 12.8 Å². The number of hydrogen-bond donors (Lipinski definition) is 0. The van der Waals surface area contributed by atoms with E-state index in [4.69, 9.17) is 27.9 Å². The van der Waals surface area contributed by atoms with Gasteiger partial charge >= 0.3 is 5.97 Å². The summed E-state index contributed by atoms with van der Waals surface area (Å²) in [6.07, 6.45) is 1.59. The number of ether oxygens (including phenoxy) is 1. The van der Waals surface area contributed by atoms with Gasteiger partial charge in [0.05, 0.1) is 23.7 Å². The Labute approximate surface area is 117 Å². The van der Waals surface area contributed by atoms with Gasteiger partial charge in [0.15, 0.2) is 0 Å². The van der Waals surface area contributed by atoms with Crippen molar-refractivity contribution >= 4 is 34.9 Å². The molecule has 2 rings (SSSR count). The number of hydrogen-bond acceptors (Lipinski definition) is 3. The lowest BCUT2D eigenvalue weighted by atomic mass is 9.96. The Morgan fingerprint density at radius 3 is 2.56 bits per heavy atom. The van der Waals surface area contributed by atoms with Crippen molar-refractivity contribution < 1.29 is 9.53 Å². The highest BCUT2D eigenvalue weighted by Crippen LogP contribution is 2.31. The van der Waals surface area contributed by atoms with E-state index >= 15 is 0 Å². The summed E-state index contributed by atoms with van der Waals surface area (Å²) in [5.74, 6) is -0.103. The summed E-state index contributed by atoms with van der Waals surface area (Å²) in [6, 6.07) is 5.49. The Morgan fingerprint density at radius 2 is 2.00 bits per heavy atom. The molecule has 0 aliphatic carbocycles. The van der Waals surface area contributed by atoms with E-state index in [1.165, 1.54) is 7.11 Å².